The van der Waals surface area contributed by atoms with Gasteiger partial charge in [0.15, 0.2) is 0 Å². The molecule has 0 aliphatic heterocycles. The monoisotopic (exact) mass is 458 g/mol. The van der Waals surface area contributed by atoms with Crippen molar-refractivity contribution in [1.29, 1.82) is 0 Å². The van der Waals surface area contributed by atoms with Gasteiger partial charge in [0.25, 0.3) is 5.91 Å². The van der Waals surface area contributed by atoms with Crippen molar-refractivity contribution >= 4 is 33.2 Å². The predicted molar refractivity (Wildman–Crippen MR) is 123 cm³/mol. The van der Waals surface area contributed by atoms with E-state index < -0.39 is 10.0 Å². The molecule has 0 spiro atoms. The molecule has 3 aromatic rings. The van der Waals surface area contributed by atoms with E-state index >= 15 is 0 Å². The Balaban J connectivity index is 1.58. The largest absolute Gasteiger partial charge is 0.492 e. The number of nitrogens with one attached hydrogen (secondary N) is 1. The summed E-state index contributed by atoms with van der Waals surface area (Å²) in [6.07, 6.45) is 1.16. The predicted octanol–water partition coefficient (Wildman–Crippen LogP) is 4.12. The number of benzene rings is 3. The summed E-state index contributed by atoms with van der Waals surface area (Å²) in [6, 6.07) is 22.8. The number of amides is 1. The SMILES string of the molecule is CS(=O)(=O)N(Cc1ccccc1)c1ccc(C(=O)NCCOc2ccc(Cl)cc2)cc1. The lowest BCUT2D eigenvalue weighted by Crippen LogP contribution is -2.30. The van der Waals surface area contributed by atoms with E-state index in [2.05, 4.69) is 5.32 Å². The molecule has 162 valence electrons. The first kappa shape index (κ1) is 22.7. The number of hydrogen-bond acceptors (Lipinski definition) is 4. The van der Waals surface area contributed by atoms with E-state index in [0.29, 0.717) is 35.2 Å². The van der Waals surface area contributed by atoms with Crippen LogP contribution < -0.4 is 14.4 Å². The second-order valence-electron chi connectivity index (χ2n) is 6.86. The lowest BCUT2D eigenvalue weighted by molar-refractivity contribution is 0.0947. The lowest BCUT2D eigenvalue weighted by atomic mass is 10.2. The number of anilines is 1. The Kier molecular flexibility index (Phi) is 7.55. The molecular formula is C23H23ClN2O4S. The Morgan fingerprint density at radius 1 is 0.968 bits per heavy atom. The fourth-order valence-corrected chi connectivity index (χ4v) is 3.91. The minimum absolute atomic E-state index is 0.216. The molecule has 8 heteroatoms. The normalized spacial score (nSPS) is 11.0. The molecule has 0 unspecified atom stereocenters. The van der Waals surface area contributed by atoms with Crippen molar-refractivity contribution in [3.63, 3.8) is 0 Å². The summed E-state index contributed by atoms with van der Waals surface area (Å²) in [5, 5.41) is 3.40. The van der Waals surface area contributed by atoms with Crippen LogP contribution in [0.5, 0.6) is 5.75 Å². The van der Waals surface area contributed by atoms with E-state index in [0.717, 1.165) is 11.8 Å². The topological polar surface area (TPSA) is 75.7 Å². The molecule has 0 saturated heterocycles. The first-order valence-corrected chi connectivity index (χ1v) is 11.8. The lowest BCUT2D eigenvalue weighted by Gasteiger charge is -2.22. The van der Waals surface area contributed by atoms with Gasteiger partial charge in [0, 0.05) is 10.6 Å². The van der Waals surface area contributed by atoms with Crippen LogP contribution >= 0.6 is 11.6 Å². The van der Waals surface area contributed by atoms with Crippen molar-refractivity contribution in [3.05, 3.63) is 95.0 Å². The third-order valence-electron chi connectivity index (χ3n) is 4.46. The maximum absolute atomic E-state index is 12.4. The van der Waals surface area contributed by atoms with Crippen molar-refractivity contribution in [2.45, 2.75) is 6.54 Å². The highest BCUT2D eigenvalue weighted by atomic mass is 35.5. The molecular weight excluding hydrogens is 436 g/mol. The Morgan fingerprint density at radius 3 is 2.23 bits per heavy atom. The summed E-state index contributed by atoms with van der Waals surface area (Å²) in [7, 11) is -3.49. The van der Waals surface area contributed by atoms with E-state index in [9.17, 15) is 13.2 Å². The fourth-order valence-electron chi connectivity index (χ4n) is 2.89. The quantitative estimate of drug-likeness (QED) is 0.489. The number of nitrogens with zero attached hydrogens (tertiary/aromatic N) is 1. The molecule has 0 bridgehead atoms. The Hall–Kier alpha value is -3.03. The minimum Gasteiger partial charge on any atom is -0.492 e. The summed E-state index contributed by atoms with van der Waals surface area (Å²) < 4.78 is 31.4. The van der Waals surface area contributed by atoms with Crippen LogP contribution in [0.1, 0.15) is 15.9 Å². The highest BCUT2D eigenvalue weighted by molar-refractivity contribution is 7.92. The van der Waals surface area contributed by atoms with Gasteiger partial charge in [-0.05, 0) is 54.1 Å². The Morgan fingerprint density at radius 2 is 1.61 bits per heavy atom. The van der Waals surface area contributed by atoms with Gasteiger partial charge >= 0.3 is 0 Å². The first-order chi connectivity index (χ1) is 14.8. The van der Waals surface area contributed by atoms with Crippen molar-refractivity contribution in [3.8, 4) is 5.75 Å². The number of carbonyl (C=O) groups is 1. The molecule has 0 aromatic heterocycles. The maximum atomic E-state index is 12.4. The molecule has 3 aromatic carbocycles. The fraction of sp³-hybridized carbons (Fsp3) is 0.174. The van der Waals surface area contributed by atoms with Crippen LogP contribution in [0.25, 0.3) is 0 Å². The van der Waals surface area contributed by atoms with Crippen molar-refractivity contribution in [2.75, 3.05) is 23.7 Å². The number of halogens is 1. The zero-order valence-corrected chi connectivity index (χ0v) is 18.6. The number of ether oxygens (including phenoxy) is 1. The second kappa shape index (κ2) is 10.3. The molecule has 0 aliphatic rings. The first-order valence-electron chi connectivity index (χ1n) is 9.61. The minimum atomic E-state index is -3.49. The maximum Gasteiger partial charge on any atom is 0.251 e. The molecule has 0 radical (unpaired) electrons. The molecule has 3 rings (SSSR count). The van der Waals surface area contributed by atoms with E-state index in [1.54, 1.807) is 48.5 Å². The van der Waals surface area contributed by atoms with Gasteiger partial charge in [0.1, 0.15) is 12.4 Å². The van der Waals surface area contributed by atoms with E-state index in [4.69, 9.17) is 16.3 Å². The average Bonchev–Trinajstić information content (AvgIpc) is 2.76. The molecule has 1 amide bonds. The summed E-state index contributed by atoms with van der Waals surface area (Å²) in [4.78, 5) is 12.4. The number of rotatable bonds is 9. The van der Waals surface area contributed by atoms with Gasteiger partial charge in [-0.1, -0.05) is 41.9 Å². The van der Waals surface area contributed by atoms with Gasteiger partial charge in [-0.2, -0.15) is 0 Å². The Labute approximate surface area is 187 Å². The van der Waals surface area contributed by atoms with Crippen LogP contribution in [0.4, 0.5) is 5.69 Å². The molecule has 6 nitrogen and oxygen atoms in total. The van der Waals surface area contributed by atoms with Gasteiger partial charge in [0.05, 0.1) is 25.0 Å². The van der Waals surface area contributed by atoms with Crippen molar-refractivity contribution in [2.24, 2.45) is 0 Å². The molecule has 0 saturated carbocycles. The smallest absolute Gasteiger partial charge is 0.251 e. The van der Waals surface area contributed by atoms with Crippen LogP contribution in [0.15, 0.2) is 78.9 Å². The Bertz CT molecular complexity index is 1100. The van der Waals surface area contributed by atoms with Gasteiger partial charge in [-0.15, -0.1) is 0 Å². The summed E-state index contributed by atoms with van der Waals surface area (Å²) in [5.41, 5.74) is 1.80. The molecule has 31 heavy (non-hydrogen) atoms. The van der Waals surface area contributed by atoms with Gasteiger partial charge < -0.3 is 10.1 Å². The summed E-state index contributed by atoms with van der Waals surface area (Å²) in [5.74, 6) is 0.405. The van der Waals surface area contributed by atoms with Crippen LogP contribution in [-0.2, 0) is 16.6 Å². The van der Waals surface area contributed by atoms with Crippen LogP contribution in [0.2, 0.25) is 5.02 Å². The van der Waals surface area contributed by atoms with E-state index in [-0.39, 0.29) is 12.5 Å². The molecule has 0 fully saturated rings. The highest BCUT2D eigenvalue weighted by Gasteiger charge is 2.18. The van der Waals surface area contributed by atoms with Crippen molar-refractivity contribution < 1.29 is 17.9 Å². The van der Waals surface area contributed by atoms with Crippen LogP contribution in [0, 0.1) is 0 Å². The average molecular weight is 459 g/mol. The molecule has 0 heterocycles. The third kappa shape index (κ3) is 6.73. The summed E-state index contributed by atoms with van der Waals surface area (Å²) >= 11 is 5.83. The number of carbonyl (C=O) groups excluding carboxylic acids is 1. The third-order valence-corrected chi connectivity index (χ3v) is 5.85. The van der Waals surface area contributed by atoms with Gasteiger partial charge in [0.2, 0.25) is 10.0 Å². The highest BCUT2D eigenvalue weighted by Crippen LogP contribution is 2.21. The van der Waals surface area contributed by atoms with Crippen LogP contribution in [-0.4, -0.2) is 33.7 Å². The molecule has 0 atom stereocenters. The number of hydrogen-bond donors (Lipinski definition) is 1. The van der Waals surface area contributed by atoms with E-state index in [1.807, 2.05) is 30.3 Å². The zero-order chi connectivity index (χ0) is 22.3. The zero-order valence-electron chi connectivity index (χ0n) is 17.0. The van der Waals surface area contributed by atoms with Crippen molar-refractivity contribution in [1.82, 2.24) is 5.32 Å². The molecule has 0 aliphatic carbocycles. The standard InChI is InChI=1S/C23H23ClN2O4S/c1-31(28,29)26(17-18-5-3-2-4-6-18)21-11-7-19(8-12-21)23(27)25-15-16-30-22-13-9-20(24)10-14-22/h2-14H,15-17H2,1H3,(H,25,27). The molecule has 1 N–H and O–H groups in total. The van der Waals surface area contributed by atoms with E-state index in [1.165, 1.54) is 4.31 Å². The number of sulfonamides is 1. The van der Waals surface area contributed by atoms with Crippen LogP contribution in [0.3, 0.4) is 0 Å². The second-order valence-corrected chi connectivity index (χ2v) is 9.20. The van der Waals surface area contributed by atoms with Gasteiger partial charge in [-0.3, -0.25) is 9.10 Å². The van der Waals surface area contributed by atoms with Gasteiger partial charge in [-0.25, -0.2) is 8.42 Å². The summed E-state index contributed by atoms with van der Waals surface area (Å²) in [6.45, 7) is 0.852.